The van der Waals surface area contributed by atoms with Gasteiger partial charge in [0.25, 0.3) is 0 Å². The molecule has 4 heteroatoms. The average Bonchev–Trinajstić information content (AvgIpc) is 2.38. The standard InChI is InChI=1S/C13H16Cl2O2/c14-8-10-7-11(15)4-5-13(10)17-9-12-3-1-2-6-16-12/h4-5,7,12H,1-3,6,8-9H2. The maximum absolute atomic E-state index is 5.91. The maximum Gasteiger partial charge on any atom is 0.123 e. The third-order valence-corrected chi connectivity index (χ3v) is 3.39. The second-order valence-corrected chi connectivity index (χ2v) is 4.89. The van der Waals surface area contributed by atoms with Crippen molar-refractivity contribution in [2.24, 2.45) is 0 Å². The molecule has 2 rings (SSSR count). The Morgan fingerprint density at radius 3 is 2.94 bits per heavy atom. The summed E-state index contributed by atoms with van der Waals surface area (Å²) in [5, 5.41) is 0.682. The van der Waals surface area contributed by atoms with Crippen LogP contribution in [0.15, 0.2) is 18.2 Å². The van der Waals surface area contributed by atoms with E-state index in [0.29, 0.717) is 17.5 Å². The summed E-state index contributed by atoms with van der Waals surface area (Å²) < 4.78 is 11.4. The summed E-state index contributed by atoms with van der Waals surface area (Å²) in [6.45, 7) is 1.43. The molecular formula is C13H16Cl2O2. The van der Waals surface area contributed by atoms with E-state index in [1.807, 2.05) is 18.2 Å². The number of rotatable bonds is 4. The molecule has 1 saturated heterocycles. The van der Waals surface area contributed by atoms with E-state index >= 15 is 0 Å². The molecule has 1 aromatic carbocycles. The molecular weight excluding hydrogens is 259 g/mol. The molecule has 0 saturated carbocycles. The quantitative estimate of drug-likeness (QED) is 0.772. The minimum absolute atomic E-state index is 0.211. The first-order valence-electron chi connectivity index (χ1n) is 5.88. The first-order chi connectivity index (χ1) is 8.29. The first kappa shape index (κ1) is 13.0. The molecule has 1 aromatic rings. The van der Waals surface area contributed by atoms with E-state index in [0.717, 1.165) is 30.8 Å². The van der Waals surface area contributed by atoms with Crippen LogP contribution in [0.1, 0.15) is 24.8 Å². The highest BCUT2D eigenvalue weighted by molar-refractivity contribution is 6.30. The lowest BCUT2D eigenvalue weighted by Crippen LogP contribution is -2.25. The zero-order valence-electron chi connectivity index (χ0n) is 9.62. The summed E-state index contributed by atoms with van der Waals surface area (Å²) in [6.07, 6.45) is 3.66. The van der Waals surface area contributed by atoms with Crippen LogP contribution in [0.2, 0.25) is 5.02 Å². The van der Waals surface area contributed by atoms with Gasteiger partial charge in [-0.25, -0.2) is 0 Å². The molecule has 0 aliphatic carbocycles. The predicted octanol–water partition coefficient (Wildman–Crippen LogP) is 4.03. The van der Waals surface area contributed by atoms with Crippen LogP contribution in [-0.4, -0.2) is 19.3 Å². The Morgan fingerprint density at radius 1 is 1.35 bits per heavy atom. The fourth-order valence-electron chi connectivity index (χ4n) is 1.91. The van der Waals surface area contributed by atoms with Crippen molar-refractivity contribution in [2.75, 3.05) is 13.2 Å². The molecule has 0 bridgehead atoms. The topological polar surface area (TPSA) is 18.5 Å². The van der Waals surface area contributed by atoms with Crippen LogP contribution < -0.4 is 4.74 Å². The maximum atomic E-state index is 5.91. The Balaban J connectivity index is 1.93. The van der Waals surface area contributed by atoms with Crippen molar-refractivity contribution in [3.63, 3.8) is 0 Å². The number of hydrogen-bond acceptors (Lipinski definition) is 2. The predicted molar refractivity (Wildman–Crippen MR) is 70.1 cm³/mol. The van der Waals surface area contributed by atoms with Gasteiger partial charge in [0.1, 0.15) is 12.4 Å². The van der Waals surface area contributed by atoms with Crippen molar-refractivity contribution in [1.82, 2.24) is 0 Å². The van der Waals surface area contributed by atoms with E-state index in [9.17, 15) is 0 Å². The van der Waals surface area contributed by atoms with Gasteiger partial charge in [-0.3, -0.25) is 0 Å². The summed E-state index contributed by atoms with van der Waals surface area (Å²) in [6, 6.07) is 5.52. The molecule has 0 N–H and O–H groups in total. The van der Waals surface area contributed by atoms with Gasteiger partial charge in [0.2, 0.25) is 0 Å². The Kier molecular flexibility index (Phi) is 4.96. The number of alkyl halides is 1. The number of benzene rings is 1. The van der Waals surface area contributed by atoms with Gasteiger partial charge in [-0.2, -0.15) is 0 Å². The molecule has 0 aromatic heterocycles. The van der Waals surface area contributed by atoms with Crippen LogP contribution in [0.25, 0.3) is 0 Å². The Labute approximate surface area is 112 Å². The second kappa shape index (κ2) is 6.48. The number of ether oxygens (including phenoxy) is 2. The SMILES string of the molecule is ClCc1cc(Cl)ccc1OCC1CCCCO1. The van der Waals surface area contributed by atoms with Crippen LogP contribution in [0.5, 0.6) is 5.75 Å². The molecule has 2 nitrogen and oxygen atoms in total. The third kappa shape index (κ3) is 3.77. The second-order valence-electron chi connectivity index (χ2n) is 4.19. The minimum Gasteiger partial charge on any atom is -0.491 e. The molecule has 1 aliphatic heterocycles. The summed E-state index contributed by atoms with van der Waals surface area (Å²) in [4.78, 5) is 0. The number of halogens is 2. The monoisotopic (exact) mass is 274 g/mol. The van der Waals surface area contributed by atoms with Crippen LogP contribution in [0.3, 0.4) is 0 Å². The molecule has 94 valence electrons. The van der Waals surface area contributed by atoms with Crippen molar-refractivity contribution in [3.8, 4) is 5.75 Å². The summed E-state index contributed by atoms with van der Waals surface area (Å²) in [7, 11) is 0. The highest BCUT2D eigenvalue weighted by atomic mass is 35.5. The molecule has 1 heterocycles. The van der Waals surface area contributed by atoms with Crippen molar-refractivity contribution in [2.45, 2.75) is 31.2 Å². The van der Waals surface area contributed by atoms with Crippen molar-refractivity contribution < 1.29 is 9.47 Å². The minimum atomic E-state index is 0.211. The van der Waals surface area contributed by atoms with E-state index < -0.39 is 0 Å². The summed E-state index contributed by atoms with van der Waals surface area (Å²) >= 11 is 11.8. The van der Waals surface area contributed by atoms with Crippen molar-refractivity contribution >= 4 is 23.2 Å². The van der Waals surface area contributed by atoms with E-state index in [1.54, 1.807) is 0 Å². The normalized spacial score (nSPS) is 20.2. The van der Waals surface area contributed by atoms with Crippen LogP contribution >= 0.6 is 23.2 Å². The Bertz CT molecular complexity index is 362. The summed E-state index contributed by atoms with van der Waals surface area (Å²) in [5.41, 5.74) is 0.926. The van der Waals surface area contributed by atoms with Gasteiger partial charge in [0.15, 0.2) is 0 Å². The molecule has 0 spiro atoms. The van der Waals surface area contributed by atoms with E-state index in [1.165, 1.54) is 6.42 Å². The van der Waals surface area contributed by atoms with E-state index in [-0.39, 0.29) is 6.10 Å². The lowest BCUT2D eigenvalue weighted by Gasteiger charge is -2.23. The fraction of sp³-hybridized carbons (Fsp3) is 0.538. The zero-order valence-corrected chi connectivity index (χ0v) is 11.1. The largest absolute Gasteiger partial charge is 0.491 e. The molecule has 1 unspecified atom stereocenters. The van der Waals surface area contributed by atoms with Crippen LogP contribution in [-0.2, 0) is 10.6 Å². The summed E-state index contributed by atoms with van der Waals surface area (Å²) in [5.74, 6) is 1.21. The molecule has 1 fully saturated rings. The smallest absolute Gasteiger partial charge is 0.123 e. The highest BCUT2D eigenvalue weighted by Gasteiger charge is 2.15. The van der Waals surface area contributed by atoms with E-state index in [4.69, 9.17) is 32.7 Å². The third-order valence-electron chi connectivity index (χ3n) is 2.87. The molecule has 0 amide bonds. The van der Waals surface area contributed by atoms with Gasteiger partial charge >= 0.3 is 0 Å². The lowest BCUT2D eigenvalue weighted by atomic mass is 10.1. The Hall–Kier alpha value is -0.440. The van der Waals surface area contributed by atoms with Gasteiger partial charge in [-0.15, -0.1) is 11.6 Å². The van der Waals surface area contributed by atoms with Gasteiger partial charge in [0, 0.05) is 17.2 Å². The molecule has 0 radical (unpaired) electrons. The molecule has 17 heavy (non-hydrogen) atoms. The lowest BCUT2D eigenvalue weighted by molar-refractivity contribution is -0.0112. The molecule has 1 atom stereocenters. The van der Waals surface area contributed by atoms with E-state index in [2.05, 4.69) is 0 Å². The highest BCUT2D eigenvalue weighted by Crippen LogP contribution is 2.25. The number of hydrogen-bond donors (Lipinski definition) is 0. The van der Waals surface area contributed by atoms with Gasteiger partial charge in [0.05, 0.1) is 12.0 Å². The van der Waals surface area contributed by atoms with Gasteiger partial charge in [-0.1, -0.05) is 11.6 Å². The zero-order chi connectivity index (χ0) is 12.1. The fourth-order valence-corrected chi connectivity index (χ4v) is 2.32. The Morgan fingerprint density at radius 2 is 2.24 bits per heavy atom. The average molecular weight is 275 g/mol. The molecule has 1 aliphatic rings. The first-order valence-corrected chi connectivity index (χ1v) is 6.79. The van der Waals surface area contributed by atoms with Crippen LogP contribution in [0.4, 0.5) is 0 Å². The van der Waals surface area contributed by atoms with Gasteiger partial charge in [-0.05, 0) is 37.5 Å². The van der Waals surface area contributed by atoms with Crippen molar-refractivity contribution in [1.29, 1.82) is 0 Å². The van der Waals surface area contributed by atoms with Crippen molar-refractivity contribution in [3.05, 3.63) is 28.8 Å². The van der Waals surface area contributed by atoms with Gasteiger partial charge < -0.3 is 9.47 Å². The van der Waals surface area contributed by atoms with Crippen LogP contribution in [0, 0.1) is 0 Å².